The fourth-order valence-corrected chi connectivity index (χ4v) is 3.87. The molecule has 1 amide bonds. The van der Waals surface area contributed by atoms with Crippen molar-refractivity contribution < 1.29 is 4.79 Å². The van der Waals surface area contributed by atoms with Gasteiger partial charge in [0.25, 0.3) is 0 Å². The molecule has 0 spiro atoms. The number of hydrogen-bond acceptors (Lipinski definition) is 2. The minimum atomic E-state index is -0.360. The van der Waals surface area contributed by atoms with Gasteiger partial charge in [-0.15, -0.1) is 11.8 Å². The third kappa shape index (κ3) is 1.95. The molecule has 0 aromatic heterocycles. The first-order valence-corrected chi connectivity index (χ1v) is 7.06. The summed E-state index contributed by atoms with van der Waals surface area (Å²) in [5.74, 6) is 0.633. The molecular formula is C14H21NOS. The van der Waals surface area contributed by atoms with Gasteiger partial charge in [-0.05, 0) is 39.0 Å². The Hall–Kier alpha value is -0.700. The number of nitrogens with zero attached hydrogens (tertiary/aromatic N) is 1. The summed E-state index contributed by atoms with van der Waals surface area (Å²) < 4.78 is 0. The van der Waals surface area contributed by atoms with Gasteiger partial charge in [-0.2, -0.15) is 0 Å². The average Bonchev–Trinajstić information content (AvgIpc) is 2.55. The highest BCUT2D eigenvalue weighted by atomic mass is 32.2. The van der Waals surface area contributed by atoms with Crippen LogP contribution in [-0.4, -0.2) is 21.6 Å². The normalized spacial score (nSPS) is 37.2. The number of fused-ring (bicyclic) bond motifs is 1. The number of hydrogen-bond donors (Lipinski definition) is 0. The standard InChI is InChI=1S/C14H21NOS/c1-10-6-8-15(13(2,3)4)12(16)14(5)7-9-17-11(10)14/h6-11H,1-5H3/t10-,11+,14+/m0/s1. The summed E-state index contributed by atoms with van der Waals surface area (Å²) in [5, 5.41) is 2.41. The topological polar surface area (TPSA) is 20.3 Å². The van der Waals surface area contributed by atoms with Crippen molar-refractivity contribution in [3.63, 3.8) is 0 Å². The summed E-state index contributed by atoms with van der Waals surface area (Å²) >= 11 is 1.78. The highest BCUT2D eigenvalue weighted by Gasteiger charge is 2.49. The molecule has 17 heavy (non-hydrogen) atoms. The molecule has 0 unspecified atom stereocenters. The smallest absolute Gasteiger partial charge is 0.237 e. The first-order chi connectivity index (χ1) is 7.77. The van der Waals surface area contributed by atoms with Crippen LogP contribution in [0.5, 0.6) is 0 Å². The Morgan fingerprint density at radius 1 is 1.41 bits per heavy atom. The molecule has 0 aromatic carbocycles. The first kappa shape index (κ1) is 12.7. The third-order valence-electron chi connectivity index (χ3n) is 3.65. The van der Waals surface area contributed by atoms with E-state index in [0.29, 0.717) is 11.2 Å². The van der Waals surface area contributed by atoms with Crippen LogP contribution in [0.4, 0.5) is 0 Å². The van der Waals surface area contributed by atoms with Crippen LogP contribution in [0.2, 0.25) is 0 Å². The van der Waals surface area contributed by atoms with E-state index in [1.54, 1.807) is 11.8 Å². The van der Waals surface area contributed by atoms with Crippen LogP contribution in [0.15, 0.2) is 23.8 Å². The maximum atomic E-state index is 12.8. The minimum Gasteiger partial charge on any atom is -0.313 e. The summed E-state index contributed by atoms with van der Waals surface area (Å²) in [4.78, 5) is 14.6. The number of rotatable bonds is 0. The number of carbonyl (C=O) groups is 1. The van der Waals surface area contributed by atoms with E-state index in [0.717, 1.165) is 0 Å². The summed E-state index contributed by atoms with van der Waals surface area (Å²) in [6.45, 7) is 10.5. The van der Waals surface area contributed by atoms with Crippen LogP contribution >= 0.6 is 11.8 Å². The molecule has 0 radical (unpaired) electrons. The number of thioether (sulfide) groups is 1. The molecule has 2 aliphatic rings. The molecule has 0 saturated carbocycles. The van der Waals surface area contributed by atoms with Crippen molar-refractivity contribution in [2.45, 2.75) is 45.4 Å². The summed E-state index contributed by atoms with van der Waals surface area (Å²) in [6.07, 6.45) is 6.22. The minimum absolute atomic E-state index is 0.160. The van der Waals surface area contributed by atoms with Crippen LogP contribution < -0.4 is 0 Å². The van der Waals surface area contributed by atoms with Crippen LogP contribution in [0, 0.1) is 11.3 Å². The molecule has 0 N–H and O–H groups in total. The first-order valence-electron chi connectivity index (χ1n) is 6.12. The molecule has 0 aromatic rings. The monoisotopic (exact) mass is 251 g/mol. The van der Waals surface area contributed by atoms with Gasteiger partial charge in [0.05, 0.1) is 5.41 Å². The van der Waals surface area contributed by atoms with E-state index < -0.39 is 0 Å². The Labute approximate surface area is 108 Å². The molecule has 2 heterocycles. The Kier molecular flexibility index (Phi) is 2.93. The summed E-state index contributed by atoms with van der Waals surface area (Å²) in [7, 11) is 0. The van der Waals surface area contributed by atoms with E-state index in [9.17, 15) is 4.79 Å². The second kappa shape index (κ2) is 3.91. The van der Waals surface area contributed by atoms with Crippen molar-refractivity contribution in [2.24, 2.45) is 11.3 Å². The molecule has 0 bridgehead atoms. The van der Waals surface area contributed by atoms with E-state index >= 15 is 0 Å². The predicted molar refractivity (Wildman–Crippen MR) is 73.5 cm³/mol. The lowest BCUT2D eigenvalue weighted by Gasteiger charge is -2.38. The summed E-state index contributed by atoms with van der Waals surface area (Å²) in [6, 6.07) is 0. The van der Waals surface area contributed by atoms with E-state index in [1.165, 1.54) is 0 Å². The van der Waals surface area contributed by atoms with Crippen molar-refractivity contribution in [1.82, 2.24) is 4.90 Å². The Morgan fingerprint density at radius 3 is 2.65 bits per heavy atom. The van der Waals surface area contributed by atoms with E-state index in [2.05, 4.69) is 52.2 Å². The predicted octanol–water partition coefficient (Wildman–Crippen LogP) is 3.41. The number of carbonyl (C=O) groups excluding carboxylic acids is 1. The molecule has 0 fully saturated rings. The lowest BCUT2D eigenvalue weighted by atomic mass is 9.80. The lowest BCUT2D eigenvalue weighted by molar-refractivity contribution is -0.139. The van der Waals surface area contributed by atoms with Gasteiger partial charge in [-0.3, -0.25) is 4.79 Å². The molecule has 2 aliphatic heterocycles. The highest BCUT2D eigenvalue weighted by Crippen LogP contribution is 2.47. The third-order valence-corrected chi connectivity index (χ3v) is 5.15. The number of allylic oxidation sites excluding steroid dienone is 1. The van der Waals surface area contributed by atoms with Gasteiger partial charge >= 0.3 is 0 Å². The molecule has 94 valence electrons. The zero-order valence-electron chi connectivity index (χ0n) is 11.2. The van der Waals surface area contributed by atoms with Crippen LogP contribution in [0.3, 0.4) is 0 Å². The Morgan fingerprint density at radius 2 is 2.06 bits per heavy atom. The zero-order valence-corrected chi connectivity index (χ0v) is 12.0. The van der Waals surface area contributed by atoms with Gasteiger partial charge in [0.1, 0.15) is 0 Å². The van der Waals surface area contributed by atoms with E-state index in [1.807, 2.05) is 11.1 Å². The van der Waals surface area contributed by atoms with Crippen molar-refractivity contribution >= 4 is 17.7 Å². The maximum Gasteiger partial charge on any atom is 0.237 e. The highest BCUT2D eigenvalue weighted by molar-refractivity contribution is 8.03. The molecule has 2 rings (SSSR count). The van der Waals surface area contributed by atoms with Crippen LogP contribution in [0.1, 0.15) is 34.6 Å². The van der Waals surface area contributed by atoms with Gasteiger partial charge < -0.3 is 4.90 Å². The molecule has 2 nitrogen and oxygen atoms in total. The second-order valence-corrected chi connectivity index (χ2v) is 7.24. The van der Waals surface area contributed by atoms with E-state index in [4.69, 9.17) is 0 Å². The van der Waals surface area contributed by atoms with Gasteiger partial charge in [0, 0.05) is 17.0 Å². The fourth-order valence-electron chi connectivity index (χ4n) is 2.54. The Bertz CT molecular complexity index is 394. The quantitative estimate of drug-likeness (QED) is 0.657. The van der Waals surface area contributed by atoms with Crippen molar-refractivity contribution in [3.8, 4) is 0 Å². The second-order valence-electron chi connectivity index (χ2n) is 6.19. The molecule has 0 saturated heterocycles. The summed E-state index contributed by atoms with van der Waals surface area (Å²) in [5.41, 5.74) is -0.521. The van der Waals surface area contributed by atoms with Gasteiger partial charge in [-0.1, -0.05) is 19.1 Å². The molecule has 3 heteroatoms. The van der Waals surface area contributed by atoms with Crippen molar-refractivity contribution in [1.29, 1.82) is 0 Å². The van der Waals surface area contributed by atoms with E-state index in [-0.39, 0.29) is 16.9 Å². The lowest BCUT2D eigenvalue weighted by Crippen LogP contribution is -2.49. The zero-order chi connectivity index (χ0) is 12.8. The maximum absolute atomic E-state index is 12.8. The van der Waals surface area contributed by atoms with Gasteiger partial charge in [0.2, 0.25) is 5.91 Å². The molecule has 3 atom stereocenters. The average molecular weight is 251 g/mol. The fraction of sp³-hybridized carbons (Fsp3) is 0.643. The van der Waals surface area contributed by atoms with Crippen molar-refractivity contribution in [2.75, 3.05) is 0 Å². The van der Waals surface area contributed by atoms with Gasteiger partial charge in [0.15, 0.2) is 0 Å². The van der Waals surface area contributed by atoms with Crippen LogP contribution in [-0.2, 0) is 4.79 Å². The van der Waals surface area contributed by atoms with Crippen LogP contribution in [0.25, 0.3) is 0 Å². The number of amides is 1. The van der Waals surface area contributed by atoms with Crippen molar-refractivity contribution in [3.05, 3.63) is 23.8 Å². The van der Waals surface area contributed by atoms with Gasteiger partial charge in [-0.25, -0.2) is 0 Å². The molecular weight excluding hydrogens is 230 g/mol. The SMILES string of the molecule is C[C@H]1C=CN(C(C)(C)C)C(=O)[C@]2(C)C=CS[C@H]12. The Balaban J connectivity index is 2.45. The largest absolute Gasteiger partial charge is 0.313 e. The molecule has 0 aliphatic carbocycles.